The zero-order valence-corrected chi connectivity index (χ0v) is 9.44. The van der Waals surface area contributed by atoms with Gasteiger partial charge in [-0.15, -0.1) is 0 Å². The molecule has 2 rings (SSSR count). The van der Waals surface area contributed by atoms with Gasteiger partial charge in [0.25, 0.3) is 0 Å². The predicted octanol–water partition coefficient (Wildman–Crippen LogP) is 1.94. The largest absolute Gasteiger partial charge is 0.212 e. The molecule has 1 aromatic carbocycles. The zero-order valence-electron chi connectivity index (χ0n) is 8.63. The van der Waals surface area contributed by atoms with E-state index < -0.39 is 10.0 Å². The molecule has 1 saturated heterocycles. The maximum absolute atomic E-state index is 11.5. The molecule has 1 heterocycles. The number of rotatable bonds is 2. The van der Waals surface area contributed by atoms with E-state index >= 15 is 0 Å². The summed E-state index contributed by atoms with van der Waals surface area (Å²) in [6.07, 6.45) is 2.95. The van der Waals surface area contributed by atoms with Crippen molar-refractivity contribution in [1.82, 2.24) is 4.31 Å². The quantitative estimate of drug-likeness (QED) is 0.770. The van der Waals surface area contributed by atoms with Gasteiger partial charge >= 0.3 is 0 Å². The molecule has 1 aromatic rings. The van der Waals surface area contributed by atoms with Crippen LogP contribution >= 0.6 is 0 Å². The van der Waals surface area contributed by atoms with Gasteiger partial charge in [0.1, 0.15) is 0 Å². The van der Waals surface area contributed by atoms with Gasteiger partial charge in [-0.3, -0.25) is 0 Å². The molecule has 0 saturated carbocycles. The molecule has 0 amide bonds. The summed E-state index contributed by atoms with van der Waals surface area (Å²) < 4.78 is 24.5. The second kappa shape index (κ2) is 3.94. The van der Waals surface area contributed by atoms with Crippen molar-refractivity contribution in [2.75, 3.05) is 6.26 Å². The summed E-state index contributed by atoms with van der Waals surface area (Å²) in [5, 5.41) is 0. The maximum atomic E-state index is 11.5. The van der Waals surface area contributed by atoms with Crippen LogP contribution in [0.2, 0.25) is 0 Å². The molecule has 0 spiro atoms. The van der Waals surface area contributed by atoms with Crippen molar-refractivity contribution in [3.05, 3.63) is 42.4 Å². The normalized spacial score (nSPS) is 23.1. The smallest absolute Gasteiger partial charge is 0.212 e. The van der Waals surface area contributed by atoms with Gasteiger partial charge in [0, 0.05) is 6.54 Å². The average Bonchev–Trinajstić information content (AvgIpc) is 2.67. The van der Waals surface area contributed by atoms with Crippen LogP contribution in [-0.4, -0.2) is 19.0 Å². The van der Waals surface area contributed by atoms with E-state index in [9.17, 15) is 8.42 Å². The Hall–Kier alpha value is -0.870. The summed E-state index contributed by atoms with van der Waals surface area (Å²) in [6, 6.07) is 9.75. The summed E-state index contributed by atoms with van der Waals surface area (Å²) in [5.41, 5.74) is 1.07. The molecule has 1 aliphatic rings. The van der Waals surface area contributed by atoms with E-state index in [0.717, 1.165) is 18.4 Å². The van der Waals surface area contributed by atoms with Crippen LogP contribution < -0.4 is 0 Å². The Bertz CT molecular complexity index is 427. The minimum atomic E-state index is -3.12. The monoisotopic (exact) mass is 224 g/mol. The van der Waals surface area contributed by atoms with Crippen LogP contribution in [0.4, 0.5) is 0 Å². The number of hydrogen-bond acceptors (Lipinski definition) is 2. The minimum absolute atomic E-state index is 0.0128. The molecule has 0 aliphatic carbocycles. The Morgan fingerprint density at radius 1 is 1.27 bits per heavy atom. The Morgan fingerprint density at radius 2 is 1.93 bits per heavy atom. The number of benzene rings is 1. The van der Waals surface area contributed by atoms with E-state index in [1.165, 1.54) is 10.6 Å². The van der Waals surface area contributed by atoms with Crippen molar-refractivity contribution < 1.29 is 8.42 Å². The summed E-state index contributed by atoms with van der Waals surface area (Å²) >= 11 is 0. The van der Waals surface area contributed by atoms with Gasteiger partial charge < -0.3 is 0 Å². The second-order valence-electron chi connectivity index (χ2n) is 3.78. The van der Waals surface area contributed by atoms with Gasteiger partial charge in [-0.05, 0) is 18.4 Å². The third-order valence-electron chi connectivity index (χ3n) is 2.62. The van der Waals surface area contributed by atoms with Crippen molar-refractivity contribution in [1.29, 1.82) is 0 Å². The Balaban J connectivity index is 2.30. The first kappa shape index (κ1) is 10.6. The molecule has 0 bridgehead atoms. The molecule has 15 heavy (non-hydrogen) atoms. The van der Waals surface area contributed by atoms with E-state index in [4.69, 9.17) is 0 Å². The predicted molar refractivity (Wildman–Crippen MR) is 59.4 cm³/mol. The van der Waals surface area contributed by atoms with Crippen LogP contribution in [0.1, 0.15) is 24.4 Å². The third-order valence-corrected chi connectivity index (χ3v) is 3.79. The number of hydrogen-bond donors (Lipinski definition) is 0. The lowest BCUT2D eigenvalue weighted by atomic mass is 10.1. The molecule has 3 nitrogen and oxygen atoms in total. The molecule has 0 N–H and O–H groups in total. The first-order valence-corrected chi connectivity index (χ1v) is 6.80. The van der Waals surface area contributed by atoms with Crippen molar-refractivity contribution in [3.8, 4) is 0 Å². The Kier molecular flexibility index (Phi) is 2.80. The Labute approximate surface area is 90.8 Å². The van der Waals surface area contributed by atoms with Crippen molar-refractivity contribution in [2.24, 2.45) is 0 Å². The van der Waals surface area contributed by atoms with Crippen molar-refractivity contribution in [3.63, 3.8) is 0 Å². The van der Waals surface area contributed by atoms with E-state index in [-0.39, 0.29) is 6.04 Å². The molecular formula is C11H14NO2S. The lowest BCUT2D eigenvalue weighted by molar-refractivity contribution is 0.430. The fourth-order valence-corrected chi connectivity index (χ4v) is 3.04. The van der Waals surface area contributed by atoms with Gasteiger partial charge in [0.15, 0.2) is 0 Å². The van der Waals surface area contributed by atoms with Gasteiger partial charge in [-0.2, -0.15) is 4.31 Å². The standard InChI is InChI=1S/C11H14NO2S/c1-15(13,14)12-9-5-8-11(12)10-6-3-2-4-7-10/h2-4,6-7,9,11H,5,8H2,1H3. The van der Waals surface area contributed by atoms with Crippen LogP contribution in [0.15, 0.2) is 30.3 Å². The number of sulfonamides is 1. The molecule has 1 fully saturated rings. The third kappa shape index (κ3) is 2.21. The van der Waals surface area contributed by atoms with E-state index in [1.807, 2.05) is 30.3 Å². The summed E-state index contributed by atoms with van der Waals surface area (Å²) in [5.74, 6) is 0. The fraction of sp³-hybridized carbons (Fsp3) is 0.364. The maximum Gasteiger partial charge on any atom is 0.212 e. The lowest BCUT2D eigenvalue weighted by Gasteiger charge is -2.21. The summed E-state index contributed by atoms with van der Waals surface area (Å²) in [6.45, 7) is 1.77. The molecule has 81 valence electrons. The van der Waals surface area contributed by atoms with Gasteiger partial charge in [0.2, 0.25) is 10.0 Å². The number of nitrogens with zero attached hydrogens (tertiary/aromatic N) is 1. The highest BCUT2D eigenvalue weighted by molar-refractivity contribution is 7.88. The minimum Gasteiger partial charge on any atom is -0.212 e. The highest BCUT2D eigenvalue weighted by Gasteiger charge is 2.32. The molecule has 1 unspecified atom stereocenters. The molecule has 1 radical (unpaired) electrons. The van der Waals surface area contributed by atoms with Crippen LogP contribution in [-0.2, 0) is 10.0 Å². The lowest BCUT2D eigenvalue weighted by Crippen LogP contribution is -2.26. The van der Waals surface area contributed by atoms with Crippen LogP contribution in [0.3, 0.4) is 0 Å². The van der Waals surface area contributed by atoms with Gasteiger partial charge in [-0.1, -0.05) is 30.3 Å². The van der Waals surface area contributed by atoms with Crippen molar-refractivity contribution in [2.45, 2.75) is 18.9 Å². The molecule has 1 aliphatic heterocycles. The van der Waals surface area contributed by atoms with Gasteiger partial charge in [0.05, 0.1) is 12.3 Å². The van der Waals surface area contributed by atoms with Gasteiger partial charge in [-0.25, -0.2) is 8.42 Å². The summed E-state index contributed by atoms with van der Waals surface area (Å²) in [4.78, 5) is 0. The average molecular weight is 224 g/mol. The van der Waals surface area contributed by atoms with Crippen molar-refractivity contribution >= 4 is 10.0 Å². The molecule has 0 aromatic heterocycles. The Morgan fingerprint density at radius 3 is 2.53 bits per heavy atom. The topological polar surface area (TPSA) is 37.4 Å². The SMILES string of the molecule is CS(=O)(=O)N1[CH]CCC1c1ccccc1. The van der Waals surface area contributed by atoms with Crippen LogP contribution in [0, 0.1) is 6.54 Å². The first-order valence-electron chi connectivity index (χ1n) is 4.96. The highest BCUT2D eigenvalue weighted by Crippen LogP contribution is 2.35. The molecule has 4 heteroatoms. The molecular weight excluding hydrogens is 210 g/mol. The van der Waals surface area contributed by atoms with E-state index in [2.05, 4.69) is 0 Å². The van der Waals surface area contributed by atoms with E-state index in [0.29, 0.717) is 0 Å². The van der Waals surface area contributed by atoms with Crippen LogP contribution in [0.5, 0.6) is 0 Å². The first-order chi connectivity index (χ1) is 7.09. The van der Waals surface area contributed by atoms with E-state index in [1.54, 1.807) is 6.54 Å². The van der Waals surface area contributed by atoms with Crippen LogP contribution in [0.25, 0.3) is 0 Å². The zero-order chi connectivity index (χ0) is 10.9. The highest BCUT2D eigenvalue weighted by atomic mass is 32.2. The summed E-state index contributed by atoms with van der Waals surface area (Å²) in [7, 11) is -3.12. The molecule has 1 atom stereocenters. The fourth-order valence-electron chi connectivity index (χ4n) is 1.97. The second-order valence-corrected chi connectivity index (χ2v) is 5.67.